The highest BCUT2D eigenvalue weighted by Crippen LogP contribution is 2.25. The van der Waals surface area contributed by atoms with Crippen molar-refractivity contribution in [2.75, 3.05) is 26.9 Å². The van der Waals surface area contributed by atoms with Crippen LogP contribution in [0.15, 0.2) is 22.7 Å². The molecule has 1 unspecified atom stereocenters. The molecule has 0 radical (unpaired) electrons. The summed E-state index contributed by atoms with van der Waals surface area (Å²) in [6.07, 6.45) is 2.82. The summed E-state index contributed by atoms with van der Waals surface area (Å²) >= 11 is 3.62. The van der Waals surface area contributed by atoms with Crippen LogP contribution in [-0.2, 0) is 15.9 Å². The van der Waals surface area contributed by atoms with E-state index in [9.17, 15) is 0 Å². The summed E-state index contributed by atoms with van der Waals surface area (Å²) in [5.41, 5.74) is 1.24. The largest absolute Gasteiger partial charge is 0.497 e. The van der Waals surface area contributed by atoms with Gasteiger partial charge in [-0.2, -0.15) is 0 Å². The summed E-state index contributed by atoms with van der Waals surface area (Å²) in [6, 6.07) is 6.41. The normalized spacial score (nSPS) is 17.1. The summed E-state index contributed by atoms with van der Waals surface area (Å²) in [7, 11) is 1.69. The third kappa shape index (κ3) is 5.25. The van der Waals surface area contributed by atoms with Gasteiger partial charge in [-0.3, -0.25) is 0 Å². The van der Waals surface area contributed by atoms with E-state index in [-0.39, 0.29) is 6.29 Å². The average molecular weight is 358 g/mol. The van der Waals surface area contributed by atoms with E-state index in [1.807, 2.05) is 12.1 Å². The van der Waals surface area contributed by atoms with Crippen LogP contribution < -0.4 is 10.1 Å². The van der Waals surface area contributed by atoms with Crippen molar-refractivity contribution in [3.8, 4) is 5.75 Å². The van der Waals surface area contributed by atoms with Crippen LogP contribution in [0.2, 0.25) is 0 Å². The van der Waals surface area contributed by atoms with E-state index in [2.05, 4.69) is 34.2 Å². The molecule has 1 fully saturated rings. The fourth-order valence-corrected chi connectivity index (χ4v) is 2.87. The van der Waals surface area contributed by atoms with Crippen LogP contribution >= 0.6 is 15.9 Å². The number of hydrogen-bond acceptors (Lipinski definition) is 4. The molecule has 1 aliphatic rings. The van der Waals surface area contributed by atoms with Crippen LogP contribution in [0.25, 0.3) is 0 Å². The minimum atomic E-state index is -0.0799. The second kappa shape index (κ2) is 8.73. The second-order valence-corrected chi connectivity index (χ2v) is 6.07. The Labute approximate surface area is 135 Å². The molecule has 1 aliphatic heterocycles. The number of methoxy groups -OCH3 is 1. The third-order valence-corrected chi connectivity index (χ3v) is 4.34. The van der Waals surface area contributed by atoms with Gasteiger partial charge >= 0.3 is 0 Å². The summed E-state index contributed by atoms with van der Waals surface area (Å²) in [4.78, 5) is 0. The van der Waals surface area contributed by atoms with Crippen molar-refractivity contribution in [1.29, 1.82) is 0 Å². The highest BCUT2D eigenvalue weighted by atomic mass is 79.9. The van der Waals surface area contributed by atoms with E-state index in [1.54, 1.807) is 7.11 Å². The standard InChI is InChI=1S/C16H24BrNO3/c1-3-6-18-13(11-16-20-7-8-21-16)9-12-10-14(19-2)4-5-15(12)17/h4-5,10,13,16,18H,3,6-9,11H2,1-2H3. The molecule has 4 nitrogen and oxygen atoms in total. The van der Waals surface area contributed by atoms with Gasteiger partial charge in [-0.05, 0) is 43.1 Å². The molecule has 1 heterocycles. The van der Waals surface area contributed by atoms with Crippen molar-refractivity contribution in [2.24, 2.45) is 0 Å². The fraction of sp³-hybridized carbons (Fsp3) is 0.625. The zero-order valence-corrected chi connectivity index (χ0v) is 14.3. The van der Waals surface area contributed by atoms with Gasteiger partial charge in [-0.25, -0.2) is 0 Å². The molecule has 1 N–H and O–H groups in total. The lowest BCUT2D eigenvalue weighted by molar-refractivity contribution is -0.0526. The van der Waals surface area contributed by atoms with Crippen molar-refractivity contribution in [1.82, 2.24) is 5.32 Å². The van der Waals surface area contributed by atoms with E-state index in [0.29, 0.717) is 19.3 Å². The maximum absolute atomic E-state index is 5.58. The lowest BCUT2D eigenvalue weighted by atomic mass is 10.0. The zero-order chi connectivity index (χ0) is 15.1. The summed E-state index contributed by atoms with van der Waals surface area (Å²) in [5, 5.41) is 3.59. The monoisotopic (exact) mass is 357 g/mol. The average Bonchev–Trinajstić information content (AvgIpc) is 3.00. The van der Waals surface area contributed by atoms with E-state index in [1.165, 1.54) is 5.56 Å². The molecule has 1 saturated heterocycles. The fourth-order valence-electron chi connectivity index (χ4n) is 2.46. The Balaban J connectivity index is 2.02. The van der Waals surface area contributed by atoms with Crippen LogP contribution in [0.5, 0.6) is 5.75 Å². The SMILES string of the molecule is CCCNC(Cc1cc(OC)ccc1Br)CC1OCCO1. The molecule has 1 aromatic rings. The van der Waals surface area contributed by atoms with E-state index < -0.39 is 0 Å². The Morgan fingerprint density at radius 3 is 2.81 bits per heavy atom. The minimum Gasteiger partial charge on any atom is -0.497 e. The van der Waals surface area contributed by atoms with Gasteiger partial charge in [0.15, 0.2) is 6.29 Å². The lowest BCUT2D eigenvalue weighted by Crippen LogP contribution is -2.35. The predicted molar refractivity (Wildman–Crippen MR) is 86.8 cm³/mol. The number of rotatable bonds is 8. The Hall–Kier alpha value is -0.620. The molecule has 0 aliphatic carbocycles. The van der Waals surface area contributed by atoms with Gasteiger partial charge in [0.2, 0.25) is 0 Å². The zero-order valence-electron chi connectivity index (χ0n) is 12.7. The van der Waals surface area contributed by atoms with E-state index in [0.717, 1.165) is 36.0 Å². The maximum Gasteiger partial charge on any atom is 0.159 e. The Bertz CT molecular complexity index is 436. The van der Waals surface area contributed by atoms with Crippen LogP contribution in [0.4, 0.5) is 0 Å². The molecule has 1 atom stereocenters. The van der Waals surface area contributed by atoms with Gasteiger partial charge in [-0.15, -0.1) is 0 Å². The molecule has 0 aromatic heterocycles. The molecule has 0 amide bonds. The van der Waals surface area contributed by atoms with Crippen LogP contribution in [0.1, 0.15) is 25.3 Å². The van der Waals surface area contributed by atoms with Crippen molar-refractivity contribution >= 4 is 15.9 Å². The van der Waals surface area contributed by atoms with Gasteiger partial charge in [0.1, 0.15) is 5.75 Å². The Kier molecular flexibility index (Phi) is 6.96. The summed E-state index contributed by atoms with van der Waals surface area (Å²) in [6.45, 7) is 4.58. The summed E-state index contributed by atoms with van der Waals surface area (Å²) < 4.78 is 17.6. The summed E-state index contributed by atoms with van der Waals surface area (Å²) in [5.74, 6) is 0.885. The van der Waals surface area contributed by atoms with E-state index >= 15 is 0 Å². The van der Waals surface area contributed by atoms with Crippen LogP contribution in [0, 0.1) is 0 Å². The first-order valence-corrected chi connectivity index (χ1v) is 8.31. The van der Waals surface area contributed by atoms with Gasteiger partial charge < -0.3 is 19.5 Å². The van der Waals surface area contributed by atoms with Gasteiger partial charge in [0.25, 0.3) is 0 Å². The third-order valence-electron chi connectivity index (χ3n) is 3.57. The Morgan fingerprint density at radius 2 is 2.14 bits per heavy atom. The van der Waals surface area contributed by atoms with Crippen molar-refractivity contribution in [2.45, 2.75) is 38.5 Å². The highest BCUT2D eigenvalue weighted by Gasteiger charge is 2.22. The van der Waals surface area contributed by atoms with Gasteiger partial charge in [0, 0.05) is 16.9 Å². The number of hydrogen-bond donors (Lipinski definition) is 1. The second-order valence-electron chi connectivity index (χ2n) is 5.22. The van der Waals surface area contributed by atoms with Crippen LogP contribution in [0.3, 0.4) is 0 Å². The maximum atomic E-state index is 5.58. The Morgan fingerprint density at radius 1 is 1.38 bits per heavy atom. The lowest BCUT2D eigenvalue weighted by Gasteiger charge is -2.22. The quantitative estimate of drug-likeness (QED) is 0.775. The molecule has 1 aromatic carbocycles. The minimum absolute atomic E-state index is 0.0799. The van der Waals surface area contributed by atoms with E-state index in [4.69, 9.17) is 14.2 Å². The molecule has 0 spiro atoms. The molecule has 0 saturated carbocycles. The molecule has 5 heteroatoms. The molecular weight excluding hydrogens is 334 g/mol. The molecule has 21 heavy (non-hydrogen) atoms. The first-order chi connectivity index (χ1) is 10.2. The topological polar surface area (TPSA) is 39.7 Å². The van der Waals surface area contributed by atoms with Crippen LogP contribution in [-0.4, -0.2) is 39.2 Å². The van der Waals surface area contributed by atoms with Crippen molar-refractivity contribution < 1.29 is 14.2 Å². The van der Waals surface area contributed by atoms with Crippen molar-refractivity contribution in [3.05, 3.63) is 28.2 Å². The molecule has 0 bridgehead atoms. The smallest absolute Gasteiger partial charge is 0.159 e. The number of halogens is 1. The van der Waals surface area contributed by atoms with Gasteiger partial charge in [0.05, 0.1) is 20.3 Å². The molecular formula is C16H24BrNO3. The molecule has 118 valence electrons. The first-order valence-electron chi connectivity index (χ1n) is 7.52. The predicted octanol–water partition coefficient (Wildman–Crippen LogP) is 3.13. The number of ether oxygens (including phenoxy) is 3. The van der Waals surface area contributed by atoms with Gasteiger partial charge in [-0.1, -0.05) is 22.9 Å². The number of nitrogens with one attached hydrogen (secondary N) is 1. The number of benzene rings is 1. The van der Waals surface area contributed by atoms with Crippen molar-refractivity contribution in [3.63, 3.8) is 0 Å². The highest BCUT2D eigenvalue weighted by molar-refractivity contribution is 9.10. The molecule has 2 rings (SSSR count). The first kappa shape index (κ1) is 16.7.